The fraction of sp³-hybridized carbons (Fsp3) is 0.440. The number of nitrogens with zero attached hydrogens (tertiary/aromatic N) is 1. The van der Waals surface area contributed by atoms with E-state index in [0.717, 1.165) is 17.7 Å². The smallest absolute Gasteiger partial charge is 0.416 e. The van der Waals surface area contributed by atoms with Crippen LogP contribution in [0.2, 0.25) is 0 Å². The van der Waals surface area contributed by atoms with Crippen LogP contribution in [0.3, 0.4) is 0 Å². The molecule has 1 aliphatic rings. The molecule has 2 aromatic carbocycles. The first kappa shape index (κ1) is 28.5. The molecule has 0 unspecified atom stereocenters. The van der Waals surface area contributed by atoms with Gasteiger partial charge in [0, 0.05) is 25.0 Å². The van der Waals surface area contributed by atoms with Crippen molar-refractivity contribution >= 4 is 24.3 Å². The van der Waals surface area contributed by atoms with Gasteiger partial charge < -0.3 is 15.2 Å². The number of aromatic carboxylic acids is 1. The summed E-state index contributed by atoms with van der Waals surface area (Å²) in [6.45, 7) is 6.89. The second kappa shape index (κ2) is 11.3. The fourth-order valence-electron chi connectivity index (χ4n) is 4.11. The second-order valence-corrected chi connectivity index (χ2v) is 9.21. The SMILES string of the molecule is C[C@H](NC(=O)CC(C)(C)N1CC[C@@H](Oc2cccc(C(F)(F)F)c2)C1)c1ccc(C(=O)O)cc1.Cl. The van der Waals surface area contributed by atoms with Crippen molar-refractivity contribution in [3.05, 3.63) is 65.2 Å². The summed E-state index contributed by atoms with van der Waals surface area (Å²) in [7, 11) is 0. The van der Waals surface area contributed by atoms with Crippen LogP contribution < -0.4 is 10.1 Å². The molecule has 0 radical (unpaired) electrons. The van der Waals surface area contributed by atoms with Crippen molar-refractivity contribution in [3.63, 3.8) is 0 Å². The van der Waals surface area contributed by atoms with Crippen LogP contribution in [0.4, 0.5) is 13.2 Å². The third-order valence-electron chi connectivity index (χ3n) is 6.09. The number of benzene rings is 2. The minimum absolute atomic E-state index is 0. The second-order valence-electron chi connectivity index (χ2n) is 9.21. The third-order valence-corrected chi connectivity index (χ3v) is 6.09. The van der Waals surface area contributed by atoms with Gasteiger partial charge in [-0.15, -0.1) is 12.4 Å². The number of hydrogen-bond donors (Lipinski definition) is 2. The lowest BCUT2D eigenvalue weighted by Gasteiger charge is -2.35. The monoisotopic (exact) mass is 514 g/mol. The average molecular weight is 515 g/mol. The Kier molecular flexibility index (Phi) is 9.19. The van der Waals surface area contributed by atoms with Gasteiger partial charge in [-0.25, -0.2) is 4.79 Å². The molecule has 0 bridgehead atoms. The highest BCUT2D eigenvalue weighted by Gasteiger charge is 2.36. The number of amides is 1. The maximum atomic E-state index is 12.9. The summed E-state index contributed by atoms with van der Waals surface area (Å²) in [6, 6.07) is 10.9. The summed E-state index contributed by atoms with van der Waals surface area (Å²) < 4.78 is 44.6. The molecule has 192 valence electrons. The van der Waals surface area contributed by atoms with Crippen LogP contribution in [0.1, 0.15) is 61.1 Å². The molecule has 6 nitrogen and oxygen atoms in total. The molecule has 1 saturated heterocycles. The van der Waals surface area contributed by atoms with Crippen molar-refractivity contribution in [1.29, 1.82) is 0 Å². The van der Waals surface area contributed by atoms with Gasteiger partial charge in [-0.05, 0) is 63.1 Å². The molecule has 1 amide bonds. The van der Waals surface area contributed by atoms with Crippen LogP contribution >= 0.6 is 12.4 Å². The lowest BCUT2D eigenvalue weighted by molar-refractivity contribution is -0.137. The average Bonchev–Trinajstić information content (AvgIpc) is 3.22. The number of nitrogens with one attached hydrogen (secondary N) is 1. The lowest BCUT2D eigenvalue weighted by Crippen LogP contribution is -2.46. The first-order chi connectivity index (χ1) is 15.8. The van der Waals surface area contributed by atoms with E-state index in [1.807, 2.05) is 20.8 Å². The zero-order valence-corrected chi connectivity index (χ0v) is 20.6. The normalized spacial score (nSPS) is 17.4. The van der Waals surface area contributed by atoms with E-state index in [1.165, 1.54) is 24.3 Å². The van der Waals surface area contributed by atoms with Crippen LogP contribution in [0.5, 0.6) is 5.75 Å². The summed E-state index contributed by atoms with van der Waals surface area (Å²) in [5.41, 5.74) is -0.252. The maximum Gasteiger partial charge on any atom is 0.416 e. The number of carbonyl (C=O) groups is 2. The van der Waals surface area contributed by atoms with Crippen molar-refractivity contribution in [2.75, 3.05) is 13.1 Å². The first-order valence-electron chi connectivity index (χ1n) is 11.1. The summed E-state index contributed by atoms with van der Waals surface area (Å²) in [5, 5.41) is 12.0. The molecule has 35 heavy (non-hydrogen) atoms. The fourth-order valence-corrected chi connectivity index (χ4v) is 4.11. The van der Waals surface area contributed by atoms with Crippen molar-refractivity contribution in [1.82, 2.24) is 10.2 Å². The molecule has 0 aliphatic carbocycles. The number of carboxylic acids is 1. The molecule has 1 aliphatic heterocycles. The Morgan fingerprint density at radius 1 is 1.17 bits per heavy atom. The van der Waals surface area contributed by atoms with Gasteiger partial charge in [-0.1, -0.05) is 18.2 Å². The molecule has 1 fully saturated rings. The number of hydrogen-bond acceptors (Lipinski definition) is 4. The summed E-state index contributed by atoms with van der Waals surface area (Å²) >= 11 is 0. The van der Waals surface area contributed by atoms with Crippen molar-refractivity contribution in [2.45, 2.75) is 57.5 Å². The number of carboxylic acid groups (broad SMARTS) is 1. The summed E-state index contributed by atoms with van der Waals surface area (Å²) in [4.78, 5) is 25.8. The maximum absolute atomic E-state index is 12.9. The molecule has 10 heteroatoms. The van der Waals surface area contributed by atoms with Gasteiger partial charge >= 0.3 is 12.1 Å². The van der Waals surface area contributed by atoms with E-state index in [4.69, 9.17) is 9.84 Å². The molecule has 2 atom stereocenters. The molecular formula is C25H30ClF3N2O4. The van der Waals surface area contributed by atoms with Gasteiger partial charge in [0.25, 0.3) is 0 Å². The molecule has 0 saturated carbocycles. The minimum atomic E-state index is -4.42. The Labute approximate surface area is 208 Å². The number of carbonyl (C=O) groups excluding carboxylic acids is 1. The number of rotatable bonds is 8. The van der Waals surface area contributed by atoms with Crippen LogP contribution in [0.25, 0.3) is 0 Å². The number of likely N-dealkylation sites (tertiary alicyclic amines) is 1. The summed E-state index contributed by atoms with van der Waals surface area (Å²) in [6.07, 6.45) is -3.82. The van der Waals surface area contributed by atoms with Crippen LogP contribution in [0, 0.1) is 0 Å². The van der Waals surface area contributed by atoms with E-state index in [9.17, 15) is 22.8 Å². The van der Waals surface area contributed by atoms with Gasteiger partial charge in [0.1, 0.15) is 11.9 Å². The molecule has 0 spiro atoms. The highest BCUT2D eigenvalue weighted by atomic mass is 35.5. The predicted octanol–water partition coefficient (Wildman–Crippen LogP) is 5.32. The zero-order chi connectivity index (χ0) is 25.1. The van der Waals surface area contributed by atoms with E-state index in [2.05, 4.69) is 10.2 Å². The molecule has 0 aromatic heterocycles. The van der Waals surface area contributed by atoms with Gasteiger partial charge in [0.15, 0.2) is 0 Å². The van der Waals surface area contributed by atoms with Crippen molar-refractivity contribution < 1.29 is 32.6 Å². The third kappa shape index (κ3) is 7.60. The molecule has 3 rings (SSSR count). The van der Waals surface area contributed by atoms with Crippen molar-refractivity contribution in [3.8, 4) is 5.75 Å². The van der Waals surface area contributed by atoms with E-state index in [1.54, 1.807) is 12.1 Å². The Hall–Kier alpha value is -2.78. The molecule has 1 heterocycles. The Morgan fingerprint density at radius 3 is 2.43 bits per heavy atom. The highest BCUT2D eigenvalue weighted by Crippen LogP contribution is 2.33. The highest BCUT2D eigenvalue weighted by molar-refractivity contribution is 5.87. The first-order valence-corrected chi connectivity index (χ1v) is 11.1. The van der Waals surface area contributed by atoms with E-state index < -0.39 is 23.2 Å². The topological polar surface area (TPSA) is 78.9 Å². The number of halogens is 4. The molecule has 2 aromatic rings. The van der Waals surface area contributed by atoms with E-state index in [0.29, 0.717) is 19.5 Å². The van der Waals surface area contributed by atoms with Gasteiger partial charge in [0.05, 0.1) is 17.2 Å². The Balaban J connectivity index is 0.00000432. The lowest BCUT2D eigenvalue weighted by atomic mass is 9.97. The summed E-state index contributed by atoms with van der Waals surface area (Å²) in [5.74, 6) is -0.979. The Bertz CT molecular complexity index is 1030. The standard InChI is InChI=1S/C25H29F3N2O4.ClH/c1-16(17-7-9-18(10-8-17)23(32)33)29-22(31)14-24(2,3)30-12-11-21(15-30)34-20-6-4-5-19(13-20)25(26,27)28;/h4-10,13,16,21H,11-12,14-15H2,1-3H3,(H,29,31)(H,32,33);1H/t16-,21+;/m0./s1. The number of ether oxygens (including phenoxy) is 1. The van der Waals surface area contributed by atoms with E-state index >= 15 is 0 Å². The molecule has 2 N–H and O–H groups in total. The van der Waals surface area contributed by atoms with E-state index in [-0.39, 0.29) is 48.2 Å². The van der Waals surface area contributed by atoms with Gasteiger partial charge in [0.2, 0.25) is 5.91 Å². The molecular weight excluding hydrogens is 485 g/mol. The van der Waals surface area contributed by atoms with Crippen molar-refractivity contribution in [2.24, 2.45) is 0 Å². The zero-order valence-electron chi connectivity index (χ0n) is 19.8. The quantitative estimate of drug-likeness (QED) is 0.498. The largest absolute Gasteiger partial charge is 0.489 e. The number of alkyl halides is 3. The van der Waals surface area contributed by atoms with Crippen LogP contribution in [0.15, 0.2) is 48.5 Å². The van der Waals surface area contributed by atoms with Gasteiger partial charge in [-0.2, -0.15) is 13.2 Å². The van der Waals surface area contributed by atoms with Crippen LogP contribution in [-0.4, -0.2) is 46.6 Å². The Morgan fingerprint density at radius 2 is 1.83 bits per heavy atom. The van der Waals surface area contributed by atoms with Crippen LogP contribution in [-0.2, 0) is 11.0 Å². The van der Waals surface area contributed by atoms with Gasteiger partial charge in [-0.3, -0.25) is 9.69 Å². The minimum Gasteiger partial charge on any atom is -0.489 e. The predicted molar refractivity (Wildman–Crippen MR) is 128 cm³/mol.